The van der Waals surface area contributed by atoms with E-state index < -0.39 is 11.9 Å². The van der Waals surface area contributed by atoms with Gasteiger partial charge in [-0.1, -0.05) is 5.16 Å². The first kappa shape index (κ1) is 15.2. The summed E-state index contributed by atoms with van der Waals surface area (Å²) < 4.78 is 5.28. The maximum absolute atomic E-state index is 9.10. The number of hydrogen-bond acceptors (Lipinski definition) is 5. The molecule has 19 heavy (non-hydrogen) atoms. The van der Waals surface area contributed by atoms with Crippen LogP contribution in [0.25, 0.3) is 0 Å². The number of rotatable bonds is 1. The quantitative estimate of drug-likeness (QED) is 0.741. The number of aryl methyl sites for hydroxylation is 1. The Morgan fingerprint density at radius 2 is 1.95 bits per heavy atom. The zero-order valence-electron chi connectivity index (χ0n) is 11.2. The lowest BCUT2D eigenvalue weighted by Gasteiger charge is -2.20. The van der Waals surface area contributed by atoms with Crippen molar-refractivity contribution in [2.75, 3.05) is 7.05 Å². The van der Waals surface area contributed by atoms with Gasteiger partial charge in [0.25, 0.3) is 0 Å². The number of carbonyl (C=O) groups is 2. The fourth-order valence-corrected chi connectivity index (χ4v) is 2.00. The Kier molecular flexibility index (Phi) is 5.05. The summed E-state index contributed by atoms with van der Waals surface area (Å²) in [7, 11) is 2.15. The molecular weight excluding hydrogens is 252 g/mol. The standard InChI is InChI=1S/C10H16N2O.C2H2O4/c1-7-6-10(13-11-7)9-5-4-8(2)12(9)3;3-1(4)2(5)6/h6,8-9H,4-5H2,1-3H3;(H,3,4)(H,5,6). The van der Waals surface area contributed by atoms with Gasteiger partial charge >= 0.3 is 11.9 Å². The van der Waals surface area contributed by atoms with Gasteiger partial charge in [-0.15, -0.1) is 0 Å². The van der Waals surface area contributed by atoms with Gasteiger partial charge < -0.3 is 14.7 Å². The molecule has 0 bridgehead atoms. The molecule has 2 atom stereocenters. The molecule has 1 aromatic rings. The Morgan fingerprint density at radius 1 is 1.37 bits per heavy atom. The molecule has 7 heteroatoms. The topological polar surface area (TPSA) is 104 Å². The van der Waals surface area contributed by atoms with Crippen molar-refractivity contribution < 1.29 is 24.3 Å². The van der Waals surface area contributed by atoms with E-state index >= 15 is 0 Å². The van der Waals surface area contributed by atoms with Crippen LogP contribution >= 0.6 is 0 Å². The Bertz CT molecular complexity index is 445. The first-order valence-corrected chi connectivity index (χ1v) is 5.94. The third-order valence-corrected chi connectivity index (χ3v) is 3.20. The maximum atomic E-state index is 9.10. The number of aromatic nitrogens is 1. The molecular formula is C12H18N2O5. The van der Waals surface area contributed by atoms with Crippen LogP contribution in [0.15, 0.2) is 10.6 Å². The molecule has 1 aliphatic heterocycles. The monoisotopic (exact) mass is 270 g/mol. The Labute approximate surface area is 110 Å². The second-order valence-electron chi connectivity index (χ2n) is 4.59. The van der Waals surface area contributed by atoms with Crippen molar-refractivity contribution in [2.45, 2.75) is 38.8 Å². The fourth-order valence-electron chi connectivity index (χ4n) is 2.00. The van der Waals surface area contributed by atoms with Crippen molar-refractivity contribution in [1.82, 2.24) is 10.1 Å². The first-order chi connectivity index (χ1) is 8.82. The highest BCUT2D eigenvalue weighted by Gasteiger charge is 2.30. The van der Waals surface area contributed by atoms with Crippen LogP contribution in [-0.2, 0) is 9.59 Å². The summed E-state index contributed by atoms with van der Waals surface area (Å²) >= 11 is 0. The van der Waals surface area contributed by atoms with Gasteiger partial charge in [0.1, 0.15) is 0 Å². The molecule has 2 unspecified atom stereocenters. The minimum Gasteiger partial charge on any atom is -0.473 e. The van der Waals surface area contributed by atoms with E-state index in [0.717, 1.165) is 11.5 Å². The number of carboxylic acids is 2. The molecule has 0 aliphatic carbocycles. The molecule has 1 aromatic heterocycles. The van der Waals surface area contributed by atoms with Gasteiger partial charge in [0.2, 0.25) is 0 Å². The average Bonchev–Trinajstić information content (AvgIpc) is 2.88. The summed E-state index contributed by atoms with van der Waals surface area (Å²) in [6, 6.07) is 3.14. The summed E-state index contributed by atoms with van der Waals surface area (Å²) in [4.78, 5) is 20.6. The predicted octanol–water partition coefficient (Wildman–Crippen LogP) is 1.29. The largest absolute Gasteiger partial charge is 0.473 e. The van der Waals surface area contributed by atoms with E-state index in [2.05, 4.69) is 24.0 Å². The molecule has 2 heterocycles. The van der Waals surface area contributed by atoms with Crippen molar-refractivity contribution in [1.29, 1.82) is 0 Å². The smallest absolute Gasteiger partial charge is 0.414 e. The Hall–Kier alpha value is -1.89. The minimum atomic E-state index is -1.82. The second kappa shape index (κ2) is 6.33. The highest BCUT2D eigenvalue weighted by Crippen LogP contribution is 2.34. The van der Waals surface area contributed by atoms with Gasteiger partial charge in [-0.3, -0.25) is 4.90 Å². The van der Waals surface area contributed by atoms with Crippen molar-refractivity contribution >= 4 is 11.9 Å². The van der Waals surface area contributed by atoms with Crippen LogP contribution < -0.4 is 0 Å². The molecule has 0 amide bonds. The van der Waals surface area contributed by atoms with Gasteiger partial charge in [0.05, 0.1) is 11.7 Å². The maximum Gasteiger partial charge on any atom is 0.414 e. The highest BCUT2D eigenvalue weighted by molar-refractivity contribution is 6.27. The lowest BCUT2D eigenvalue weighted by Crippen LogP contribution is -2.24. The van der Waals surface area contributed by atoms with Crippen molar-refractivity contribution in [3.8, 4) is 0 Å². The highest BCUT2D eigenvalue weighted by atomic mass is 16.5. The molecule has 1 aliphatic rings. The van der Waals surface area contributed by atoms with E-state index in [1.165, 1.54) is 12.8 Å². The summed E-state index contributed by atoms with van der Waals surface area (Å²) in [6.07, 6.45) is 2.44. The number of nitrogens with zero attached hydrogens (tertiary/aromatic N) is 2. The summed E-state index contributed by atoms with van der Waals surface area (Å²) in [5.74, 6) is -2.63. The fraction of sp³-hybridized carbons (Fsp3) is 0.583. The zero-order chi connectivity index (χ0) is 14.6. The third-order valence-electron chi connectivity index (χ3n) is 3.20. The normalized spacial score (nSPS) is 22.7. The van der Waals surface area contributed by atoms with Gasteiger partial charge in [-0.25, -0.2) is 9.59 Å². The van der Waals surface area contributed by atoms with Crippen LogP contribution in [-0.4, -0.2) is 45.3 Å². The molecule has 1 fully saturated rings. The summed E-state index contributed by atoms with van der Waals surface area (Å²) in [6.45, 7) is 4.22. The molecule has 0 spiro atoms. The van der Waals surface area contributed by atoms with E-state index in [0.29, 0.717) is 12.1 Å². The van der Waals surface area contributed by atoms with Crippen LogP contribution in [0.4, 0.5) is 0 Å². The van der Waals surface area contributed by atoms with Gasteiger partial charge in [0.15, 0.2) is 5.76 Å². The Balaban J connectivity index is 0.000000258. The molecule has 7 nitrogen and oxygen atoms in total. The average molecular weight is 270 g/mol. The molecule has 1 saturated heterocycles. The number of aliphatic carboxylic acids is 2. The van der Waals surface area contributed by atoms with Gasteiger partial charge in [0, 0.05) is 12.1 Å². The molecule has 2 N–H and O–H groups in total. The predicted molar refractivity (Wildman–Crippen MR) is 65.7 cm³/mol. The molecule has 0 radical (unpaired) electrons. The van der Waals surface area contributed by atoms with E-state index in [1.807, 2.05) is 13.0 Å². The summed E-state index contributed by atoms with van der Waals surface area (Å²) in [5, 5.41) is 18.7. The molecule has 0 aromatic carbocycles. The molecule has 0 saturated carbocycles. The van der Waals surface area contributed by atoms with Gasteiger partial charge in [-0.2, -0.15) is 0 Å². The van der Waals surface area contributed by atoms with Crippen molar-refractivity contribution in [3.05, 3.63) is 17.5 Å². The lowest BCUT2D eigenvalue weighted by molar-refractivity contribution is -0.159. The third kappa shape index (κ3) is 4.06. The van der Waals surface area contributed by atoms with Crippen LogP contribution in [0.3, 0.4) is 0 Å². The first-order valence-electron chi connectivity index (χ1n) is 5.94. The van der Waals surface area contributed by atoms with Crippen molar-refractivity contribution in [3.63, 3.8) is 0 Å². The van der Waals surface area contributed by atoms with E-state index in [9.17, 15) is 0 Å². The van der Waals surface area contributed by atoms with E-state index in [4.69, 9.17) is 24.3 Å². The van der Waals surface area contributed by atoms with E-state index in [1.54, 1.807) is 0 Å². The molecule has 2 rings (SSSR count). The number of likely N-dealkylation sites (tertiary alicyclic amines) is 1. The second-order valence-corrected chi connectivity index (χ2v) is 4.59. The van der Waals surface area contributed by atoms with Crippen molar-refractivity contribution in [2.24, 2.45) is 0 Å². The zero-order valence-corrected chi connectivity index (χ0v) is 11.2. The van der Waals surface area contributed by atoms with Gasteiger partial charge in [-0.05, 0) is 33.7 Å². The van der Waals surface area contributed by atoms with E-state index in [-0.39, 0.29) is 0 Å². The van der Waals surface area contributed by atoms with Crippen LogP contribution in [0, 0.1) is 6.92 Å². The summed E-state index contributed by atoms with van der Waals surface area (Å²) in [5.41, 5.74) is 0.975. The van der Waals surface area contributed by atoms with Crippen LogP contribution in [0.5, 0.6) is 0 Å². The SMILES string of the molecule is Cc1cc(C2CCC(C)N2C)on1.O=C(O)C(=O)O. The lowest BCUT2D eigenvalue weighted by atomic mass is 10.1. The minimum absolute atomic E-state index is 0.441. The number of hydrogen-bond donors (Lipinski definition) is 2. The Morgan fingerprint density at radius 3 is 2.26 bits per heavy atom. The number of carboxylic acid groups (broad SMARTS) is 2. The van der Waals surface area contributed by atoms with Crippen LogP contribution in [0.2, 0.25) is 0 Å². The molecule has 106 valence electrons. The van der Waals surface area contributed by atoms with Crippen LogP contribution in [0.1, 0.15) is 37.3 Å².